The zero-order valence-electron chi connectivity index (χ0n) is 9.96. The predicted octanol–water partition coefficient (Wildman–Crippen LogP) is 1.92. The summed E-state index contributed by atoms with van der Waals surface area (Å²) >= 11 is 5.55. The fraction of sp³-hybridized carbons (Fsp3) is 0.0909. The molecule has 0 fully saturated rings. The fourth-order valence-corrected chi connectivity index (χ4v) is 1.75. The Kier molecular flexibility index (Phi) is 3.54. The van der Waals surface area contributed by atoms with Crippen LogP contribution < -0.4 is 17.0 Å². The highest BCUT2D eigenvalue weighted by molar-refractivity contribution is 6.33. The summed E-state index contributed by atoms with van der Waals surface area (Å²) in [6.45, 7) is 0. The maximum Gasteiger partial charge on any atom is 0.431 e. The summed E-state index contributed by atoms with van der Waals surface area (Å²) in [6.07, 6.45) is -4.91. The van der Waals surface area contributed by atoms with Crippen LogP contribution in [-0.2, 0) is 6.18 Å². The minimum absolute atomic E-state index is 0.140. The Labute approximate surface area is 118 Å². The molecule has 0 radical (unpaired) electrons. The van der Waals surface area contributed by atoms with Crippen molar-refractivity contribution in [1.29, 1.82) is 0 Å². The van der Waals surface area contributed by atoms with E-state index >= 15 is 0 Å². The molecule has 0 aliphatic heterocycles. The van der Waals surface area contributed by atoms with Crippen molar-refractivity contribution in [3.8, 4) is 5.69 Å². The van der Waals surface area contributed by atoms with Crippen LogP contribution in [0.1, 0.15) is 5.69 Å². The number of nitrogen functional groups attached to an aromatic ring is 1. The van der Waals surface area contributed by atoms with Crippen LogP contribution in [-0.4, -0.2) is 9.55 Å². The first-order valence-electron chi connectivity index (χ1n) is 5.29. The minimum Gasteiger partial charge on any atom is -0.397 e. The number of nitrogens with zero attached hydrogens (tertiary/aromatic N) is 1. The Morgan fingerprint density at radius 3 is 2.33 bits per heavy atom. The Morgan fingerprint density at radius 2 is 1.81 bits per heavy atom. The molecule has 0 bridgehead atoms. The number of hydrogen-bond donors (Lipinski definition) is 2. The quantitative estimate of drug-likeness (QED) is 0.621. The lowest BCUT2D eigenvalue weighted by molar-refractivity contribution is -0.141. The number of aromatic nitrogens is 2. The summed E-state index contributed by atoms with van der Waals surface area (Å²) in [6, 6.07) is 1.77. The third-order valence-electron chi connectivity index (χ3n) is 2.55. The standard InChI is InChI=1S/C11H6ClF4N3O2/c12-4-1-5(13)7(2-6(4)17)19-9(20)3-8(11(14,15)16)18-10(19)21/h1-3H,17H2,(H,18,21). The molecule has 1 aromatic carbocycles. The van der Waals surface area contributed by atoms with E-state index in [9.17, 15) is 27.2 Å². The molecule has 112 valence electrons. The van der Waals surface area contributed by atoms with Crippen molar-refractivity contribution in [2.45, 2.75) is 6.18 Å². The van der Waals surface area contributed by atoms with Crippen LogP contribution in [0.25, 0.3) is 5.69 Å². The van der Waals surface area contributed by atoms with Gasteiger partial charge in [-0.25, -0.2) is 13.8 Å². The highest BCUT2D eigenvalue weighted by Crippen LogP contribution is 2.26. The van der Waals surface area contributed by atoms with Gasteiger partial charge in [0.05, 0.1) is 16.4 Å². The third-order valence-corrected chi connectivity index (χ3v) is 2.87. The summed E-state index contributed by atoms with van der Waals surface area (Å²) in [5, 5.41) is -0.160. The second-order valence-electron chi connectivity index (χ2n) is 3.98. The van der Waals surface area contributed by atoms with Crippen LogP contribution in [0.3, 0.4) is 0 Å². The Morgan fingerprint density at radius 1 is 1.19 bits per heavy atom. The van der Waals surface area contributed by atoms with Crippen LogP contribution in [0, 0.1) is 5.82 Å². The molecule has 10 heteroatoms. The van der Waals surface area contributed by atoms with Gasteiger partial charge >= 0.3 is 11.9 Å². The number of hydrogen-bond acceptors (Lipinski definition) is 3. The van der Waals surface area contributed by atoms with Crippen LogP contribution in [0.5, 0.6) is 0 Å². The zero-order chi connectivity index (χ0) is 15.9. The average molecular weight is 324 g/mol. The lowest BCUT2D eigenvalue weighted by Crippen LogP contribution is -2.36. The van der Waals surface area contributed by atoms with Crippen molar-refractivity contribution >= 4 is 17.3 Å². The molecule has 21 heavy (non-hydrogen) atoms. The van der Waals surface area contributed by atoms with Gasteiger partial charge in [-0.15, -0.1) is 0 Å². The van der Waals surface area contributed by atoms with Crippen LogP contribution in [0.2, 0.25) is 5.02 Å². The number of halogens is 5. The number of benzene rings is 1. The normalized spacial score (nSPS) is 11.7. The maximum absolute atomic E-state index is 13.7. The van der Waals surface area contributed by atoms with Gasteiger partial charge in [-0.1, -0.05) is 11.6 Å². The van der Waals surface area contributed by atoms with Crippen molar-refractivity contribution < 1.29 is 17.6 Å². The fourth-order valence-electron chi connectivity index (χ4n) is 1.60. The van der Waals surface area contributed by atoms with Gasteiger partial charge in [0, 0.05) is 6.07 Å². The predicted molar refractivity (Wildman–Crippen MR) is 67.0 cm³/mol. The van der Waals surface area contributed by atoms with E-state index in [1.165, 1.54) is 4.98 Å². The molecular weight excluding hydrogens is 318 g/mol. The van der Waals surface area contributed by atoms with Gasteiger partial charge < -0.3 is 10.7 Å². The molecule has 3 N–H and O–H groups in total. The van der Waals surface area contributed by atoms with Crippen LogP contribution in [0.4, 0.5) is 23.2 Å². The molecule has 1 aromatic heterocycles. The molecule has 0 aliphatic carbocycles. The molecule has 0 unspecified atom stereocenters. The number of rotatable bonds is 1. The highest BCUT2D eigenvalue weighted by atomic mass is 35.5. The van der Waals surface area contributed by atoms with E-state index in [0.29, 0.717) is 0 Å². The summed E-state index contributed by atoms with van der Waals surface area (Å²) in [7, 11) is 0. The van der Waals surface area contributed by atoms with Crippen LogP contribution in [0.15, 0.2) is 27.8 Å². The summed E-state index contributed by atoms with van der Waals surface area (Å²) in [5.41, 5.74) is 0.345. The van der Waals surface area contributed by atoms with E-state index in [0.717, 1.165) is 12.1 Å². The number of anilines is 1. The first kappa shape index (κ1) is 15.1. The van der Waals surface area contributed by atoms with E-state index in [1.54, 1.807) is 0 Å². The van der Waals surface area contributed by atoms with Crippen molar-refractivity contribution in [1.82, 2.24) is 9.55 Å². The monoisotopic (exact) mass is 323 g/mol. The third kappa shape index (κ3) is 2.77. The van der Waals surface area contributed by atoms with Gasteiger partial charge in [-0.2, -0.15) is 13.2 Å². The molecule has 2 rings (SSSR count). The molecule has 0 aliphatic rings. The van der Waals surface area contributed by atoms with Gasteiger partial charge in [-0.3, -0.25) is 4.79 Å². The van der Waals surface area contributed by atoms with Crippen molar-refractivity contribution in [3.63, 3.8) is 0 Å². The van der Waals surface area contributed by atoms with Crippen molar-refractivity contribution in [2.75, 3.05) is 5.73 Å². The number of aromatic amines is 1. The summed E-state index contributed by atoms with van der Waals surface area (Å²) in [4.78, 5) is 24.7. The second-order valence-corrected chi connectivity index (χ2v) is 4.39. The lowest BCUT2D eigenvalue weighted by Gasteiger charge is -2.10. The van der Waals surface area contributed by atoms with Gasteiger partial charge in [0.25, 0.3) is 5.56 Å². The molecular formula is C11H6ClF4N3O2. The number of alkyl halides is 3. The largest absolute Gasteiger partial charge is 0.431 e. The van der Waals surface area contributed by atoms with E-state index in [1.807, 2.05) is 0 Å². The van der Waals surface area contributed by atoms with Gasteiger partial charge in [0.2, 0.25) is 0 Å². The number of H-pyrrole nitrogens is 1. The molecule has 1 heterocycles. The van der Waals surface area contributed by atoms with E-state index in [-0.39, 0.29) is 21.3 Å². The lowest BCUT2D eigenvalue weighted by atomic mass is 10.2. The molecule has 2 aromatic rings. The Balaban J connectivity index is 2.75. The number of nitrogens with one attached hydrogen (secondary N) is 1. The summed E-state index contributed by atoms with van der Waals surface area (Å²) in [5.74, 6) is -1.08. The Hall–Kier alpha value is -2.29. The molecule has 0 saturated carbocycles. The SMILES string of the molecule is Nc1cc(-n2c(=O)cc(C(F)(F)F)[nH]c2=O)c(F)cc1Cl. The van der Waals surface area contributed by atoms with Gasteiger partial charge in [0.15, 0.2) is 0 Å². The molecule has 0 spiro atoms. The molecule has 0 saturated heterocycles. The highest BCUT2D eigenvalue weighted by Gasteiger charge is 2.33. The number of nitrogens with two attached hydrogens (primary N) is 1. The average Bonchev–Trinajstić information content (AvgIpc) is 2.33. The molecule has 5 nitrogen and oxygen atoms in total. The minimum atomic E-state index is -4.91. The first-order chi connectivity index (χ1) is 9.61. The smallest absolute Gasteiger partial charge is 0.397 e. The van der Waals surface area contributed by atoms with Gasteiger partial charge in [0.1, 0.15) is 11.5 Å². The van der Waals surface area contributed by atoms with Crippen LogP contribution >= 0.6 is 11.6 Å². The summed E-state index contributed by atoms with van der Waals surface area (Å²) < 4.78 is 51.3. The molecule has 0 amide bonds. The zero-order valence-corrected chi connectivity index (χ0v) is 10.7. The van der Waals surface area contributed by atoms with Gasteiger partial charge in [-0.05, 0) is 12.1 Å². The van der Waals surface area contributed by atoms with E-state index in [2.05, 4.69) is 0 Å². The first-order valence-corrected chi connectivity index (χ1v) is 5.67. The van der Waals surface area contributed by atoms with E-state index < -0.39 is 34.6 Å². The van der Waals surface area contributed by atoms with Crippen molar-refractivity contribution in [2.24, 2.45) is 0 Å². The topological polar surface area (TPSA) is 80.9 Å². The van der Waals surface area contributed by atoms with Crippen molar-refractivity contribution in [3.05, 3.63) is 55.6 Å². The molecule has 0 atom stereocenters. The van der Waals surface area contributed by atoms with E-state index in [4.69, 9.17) is 17.3 Å². The Bertz CT molecular complexity index is 794. The second kappa shape index (κ2) is 4.92. The maximum atomic E-state index is 13.7.